The summed E-state index contributed by atoms with van der Waals surface area (Å²) in [7, 11) is 2.07. The Balaban J connectivity index is 2.22. The fraction of sp³-hybridized carbons (Fsp3) is 0.400. The van der Waals surface area contributed by atoms with Gasteiger partial charge in [0, 0.05) is 24.2 Å². The van der Waals surface area contributed by atoms with E-state index < -0.39 is 0 Å². The molecule has 0 amide bonds. The van der Waals surface area contributed by atoms with Crippen LogP contribution in [0.15, 0.2) is 24.3 Å². The second-order valence-corrected chi connectivity index (χ2v) is 5.75. The highest BCUT2D eigenvalue weighted by Crippen LogP contribution is 2.30. The lowest BCUT2D eigenvalue weighted by atomic mass is 10.2. The van der Waals surface area contributed by atoms with Crippen molar-refractivity contribution in [1.29, 1.82) is 0 Å². The van der Waals surface area contributed by atoms with Crippen LogP contribution >= 0.6 is 11.3 Å². The smallest absolute Gasteiger partial charge is 0.190 e. The van der Waals surface area contributed by atoms with Gasteiger partial charge in [-0.2, -0.15) is 0 Å². The topological polar surface area (TPSA) is 28.2 Å². The van der Waals surface area contributed by atoms with Crippen molar-refractivity contribution in [2.24, 2.45) is 0 Å². The van der Waals surface area contributed by atoms with Crippen LogP contribution in [0.3, 0.4) is 0 Å². The van der Waals surface area contributed by atoms with Crippen LogP contribution in [-0.2, 0) is 6.54 Å². The summed E-state index contributed by atoms with van der Waals surface area (Å²) in [6, 6.07) is 8.50. The van der Waals surface area contributed by atoms with Crippen LogP contribution in [0.25, 0.3) is 0 Å². The number of nitrogens with one attached hydrogen (secondary N) is 1. The Labute approximate surface area is 119 Å². The van der Waals surface area contributed by atoms with Crippen LogP contribution < -0.4 is 10.2 Å². The van der Waals surface area contributed by atoms with Gasteiger partial charge in [0.1, 0.15) is 0 Å². The molecule has 1 aromatic carbocycles. The van der Waals surface area contributed by atoms with Crippen LogP contribution in [0.1, 0.15) is 23.1 Å². The minimum atomic E-state index is 0.904. The van der Waals surface area contributed by atoms with E-state index in [9.17, 15) is 0 Å². The largest absolute Gasteiger partial charge is 0.321 e. The highest BCUT2D eigenvalue weighted by atomic mass is 32.1. The van der Waals surface area contributed by atoms with Gasteiger partial charge >= 0.3 is 0 Å². The van der Waals surface area contributed by atoms with Crippen molar-refractivity contribution < 1.29 is 0 Å². The highest BCUT2D eigenvalue weighted by molar-refractivity contribution is 7.15. The van der Waals surface area contributed by atoms with Gasteiger partial charge in [0.25, 0.3) is 0 Å². The van der Waals surface area contributed by atoms with Gasteiger partial charge in [-0.1, -0.05) is 30.4 Å². The van der Waals surface area contributed by atoms with Gasteiger partial charge in [-0.05, 0) is 38.1 Å². The molecule has 0 bridgehead atoms. The standard InChI is InChI=1S/C15H21N3S/c1-5-16-10-14-12(3)17-15(19-14)18(4)13-8-6-7-11(2)9-13/h6-9,16H,5,10H2,1-4H3. The molecule has 1 aromatic heterocycles. The second kappa shape index (κ2) is 6.17. The van der Waals surface area contributed by atoms with Gasteiger partial charge in [0.2, 0.25) is 0 Å². The van der Waals surface area contributed by atoms with E-state index in [0.717, 1.165) is 23.9 Å². The molecule has 1 N–H and O–H groups in total. The maximum atomic E-state index is 4.67. The average Bonchev–Trinajstić information content (AvgIpc) is 2.77. The molecule has 4 heteroatoms. The normalized spacial score (nSPS) is 10.7. The third kappa shape index (κ3) is 3.33. The average molecular weight is 275 g/mol. The molecule has 1 heterocycles. The molecule has 0 spiro atoms. The Kier molecular flexibility index (Phi) is 4.56. The molecule has 19 heavy (non-hydrogen) atoms. The second-order valence-electron chi connectivity index (χ2n) is 4.68. The van der Waals surface area contributed by atoms with E-state index in [1.54, 1.807) is 11.3 Å². The zero-order valence-electron chi connectivity index (χ0n) is 12.0. The number of hydrogen-bond donors (Lipinski definition) is 1. The lowest BCUT2D eigenvalue weighted by molar-refractivity contribution is 0.731. The SMILES string of the molecule is CCNCc1sc(N(C)c2cccc(C)c2)nc1C. The van der Waals surface area contributed by atoms with Gasteiger partial charge in [0.05, 0.1) is 5.69 Å². The summed E-state index contributed by atoms with van der Waals surface area (Å²) in [4.78, 5) is 8.14. The molecule has 0 unspecified atom stereocenters. The highest BCUT2D eigenvalue weighted by Gasteiger charge is 2.12. The number of aryl methyl sites for hydroxylation is 2. The molecular weight excluding hydrogens is 254 g/mol. The van der Waals surface area contributed by atoms with Crippen molar-refractivity contribution in [3.05, 3.63) is 40.4 Å². The predicted molar refractivity (Wildman–Crippen MR) is 83.5 cm³/mol. The zero-order valence-corrected chi connectivity index (χ0v) is 12.8. The van der Waals surface area contributed by atoms with Crippen LogP contribution in [0.4, 0.5) is 10.8 Å². The first-order chi connectivity index (χ1) is 9.11. The van der Waals surface area contributed by atoms with Crippen molar-refractivity contribution in [2.75, 3.05) is 18.5 Å². The summed E-state index contributed by atoms with van der Waals surface area (Å²) in [6.07, 6.45) is 0. The summed E-state index contributed by atoms with van der Waals surface area (Å²) in [5.41, 5.74) is 3.58. The molecule has 0 fully saturated rings. The van der Waals surface area contributed by atoms with Crippen LogP contribution in [-0.4, -0.2) is 18.6 Å². The lowest BCUT2D eigenvalue weighted by Crippen LogP contribution is -2.11. The molecule has 0 saturated carbocycles. The monoisotopic (exact) mass is 275 g/mol. The first kappa shape index (κ1) is 14.0. The summed E-state index contributed by atoms with van der Waals surface area (Å²) >= 11 is 1.76. The number of thiazole rings is 1. The maximum Gasteiger partial charge on any atom is 0.190 e. The third-order valence-corrected chi connectivity index (χ3v) is 4.33. The Morgan fingerprint density at radius 2 is 2.11 bits per heavy atom. The maximum absolute atomic E-state index is 4.67. The number of benzene rings is 1. The zero-order chi connectivity index (χ0) is 13.8. The molecule has 0 radical (unpaired) electrons. The summed E-state index contributed by atoms with van der Waals surface area (Å²) in [5, 5.41) is 4.41. The van der Waals surface area contributed by atoms with E-state index in [1.807, 2.05) is 0 Å². The Morgan fingerprint density at radius 3 is 2.79 bits per heavy atom. The minimum absolute atomic E-state index is 0.904. The predicted octanol–water partition coefficient (Wildman–Crippen LogP) is 3.64. The fourth-order valence-electron chi connectivity index (χ4n) is 1.91. The molecule has 0 aliphatic rings. The van der Waals surface area contributed by atoms with Crippen molar-refractivity contribution >= 4 is 22.2 Å². The molecule has 0 aliphatic heterocycles. The van der Waals surface area contributed by atoms with Crippen molar-refractivity contribution in [2.45, 2.75) is 27.3 Å². The van der Waals surface area contributed by atoms with E-state index in [2.05, 4.69) is 67.3 Å². The lowest BCUT2D eigenvalue weighted by Gasteiger charge is -2.16. The van der Waals surface area contributed by atoms with E-state index in [-0.39, 0.29) is 0 Å². The minimum Gasteiger partial charge on any atom is -0.321 e. The summed E-state index contributed by atoms with van der Waals surface area (Å²) in [5.74, 6) is 0. The van der Waals surface area contributed by atoms with Gasteiger partial charge in [-0.3, -0.25) is 0 Å². The van der Waals surface area contributed by atoms with Gasteiger partial charge in [-0.15, -0.1) is 0 Å². The molecule has 3 nitrogen and oxygen atoms in total. The van der Waals surface area contributed by atoms with Crippen molar-refractivity contribution in [3.63, 3.8) is 0 Å². The molecule has 0 aliphatic carbocycles. The molecule has 2 rings (SSSR count). The van der Waals surface area contributed by atoms with Crippen LogP contribution in [0, 0.1) is 13.8 Å². The van der Waals surface area contributed by atoms with Gasteiger partial charge in [0.15, 0.2) is 5.13 Å². The molecule has 2 aromatic rings. The van der Waals surface area contributed by atoms with Crippen molar-refractivity contribution in [1.82, 2.24) is 10.3 Å². The fourth-order valence-corrected chi connectivity index (χ4v) is 2.92. The van der Waals surface area contributed by atoms with E-state index in [0.29, 0.717) is 0 Å². The van der Waals surface area contributed by atoms with Gasteiger partial charge in [-0.25, -0.2) is 4.98 Å². The molecular formula is C15H21N3S. The van der Waals surface area contributed by atoms with E-state index >= 15 is 0 Å². The summed E-state index contributed by atoms with van der Waals surface area (Å²) in [6.45, 7) is 8.20. The number of nitrogens with zero attached hydrogens (tertiary/aromatic N) is 2. The third-order valence-electron chi connectivity index (χ3n) is 3.09. The van der Waals surface area contributed by atoms with Crippen LogP contribution in [0.2, 0.25) is 0 Å². The van der Waals surface area contributed by atoms with Crippen LogP contribution in [0.5, 0.6) is 0 Å². The Bertz CT molecular complexity index is 548. The summed E-state index contributed by atoms with van der Waals surface area (Å²) < 4.78 is 0. The first-order valence-electron chi connectivity index (χ1n) is 6.59. The van der Waals surface area contributed by atoms with E-state index in [1.165, 1.54) is 16.1 Å². The number of hydrogen-bond acceptors (Lipinski definition) is 4. The first-order valence-corrected chi connectivity index (χ1v) is 7.41. The van der Waals surface area contributed by atoms with Gasteiger partial charge < -0.3 is 10.2 Å². The van der Waals surface area contributed by atoms with Crippen molar-refractivity contribution in [3.8, 4) is 0 Å². The number of rotatable bonds is 5. The Hall–Kier alpha value is -1.39. The molecule has 0 saturated heterocycles. The quantitative estimate of drug-likeness (QED) is 0.903. The molecule has 0 atom stereocenters. The number of aromatic nitrogens is 1. The molecule has 102 valence electrons. The Morgan fingerprint density at radius 1 is 1.32 bits per heavy atom. The van der Waals surface area contributed by atoms with E-state index in [4.69, 9.17) is 0 Å². The number of anilines is 2.